The highest BCUT2D eigenvalue weighted by molar-refractivity contribution is 6.33. The quantitative estimate of drug-likeness (QED) is 0.665. The summed E-state index contributed by atoms with van der Waals surface area (Å²) in [6.07, 6.45) is 1.52. The number of hydrogen-bond donors (Lipinski definition) is 2. The molecule has 138 valence electrons. The van der Waals surface area contributed by atoms with E-state index in [-0.39, 0.29) is 11.6 Å². The molecule has 1 amide bonds. The van der Waals surface area contributed by atoms with Crippen molar-refractivity contribution >= 4 is 34.8 Å². The smallest absolute Gasteiger partial charge is 0.274 e. The maximum atomic E-state index is 12.5. The lowest BCUT2D eigenvalue weighted by atomic mass is 10.1. The fraction of sp³-hybridized carbons (Fsp3) is 0.150. The summed E-state index contributed by atoms with van der Waals surface area (Å²) in [7, 11) is 1.57. The highest BCUT2D eigenvalue weighted by Gasteiger charge is 2.12. The Kier molecular flexibility index (Phi) is 5.57. The molecule has 0 spiro atoms. The summed E-state index contributed by atoms with van der Waals surface area (Å²) >= 11 is 6.31. The Bertz CT molecular complexity index is 968. The molecule has 1 heterocycles. The van der Waals surface area contributed by atoms with Gasteiger partial charge in [-0.3, -0.25) is 4.79 Å². The molecule has 0 aliphatic carbocycles. The van der Waals surface area contributed by atoms with Crippen LogP contribution in [0.5, 0.6) is 5.75 Å². The van der Waals surface area contributed by atoms with E-state index in [2.05, 4.69) is 20.6 Å². The van der Waals surface area contributed by atoms with Crippen molar-refractivity contribution in [3.05, 3.63) is 70.5 Å². The minimum absolute atomic E-state index is 0.233. The Morgan fingerprint density at radius 2 is 1.96 bits per heavy atom. The van der Waals surface area contributed by atoms with Crippen molar-refractivity contribution in [3.63, 3.8) is 0 Å². The van der Waals surface area contributed by atoms with Crippen LogP contribution in [0, 0.1) is 13.8 Å². The van der Waals surface area contributed by atoms with Crippen molar-refractivity contribution < 1.29 is 9.53 Å². The predicted octanol–water partition coefficient (Wildman–Crippen LogP) is 4.75. The van der Waals surface area contributed by atoms with Crippen molar-refractivity contribution in [2.24, 2.45) is 0 Å². The second-order valence-electron chi connectivity index (χ2n) is 6.02. The molecular formula is C20H19ClN4O2. The maximum Gasteiger partial charge on any atom is 0.274 e. The zero-order valence-corrected chi connectivity index (χ0v) is 16.0. The number of aryl methyl sites for hydroxylation is 2. The minimum Gasteiger partial charge on any atom is -0.497 e. The average Bonchev–Trinajstić information content (AvgIpc) is 2.65. The molecule has 27 heavy (non-hydrogen) atoms. The number of hydrogen-bond acceptors (Lipinski definition) is 5. The van der Waals surface area contributed by atoms with Crippen molar-refractivity contribution in [1.29, 1.82) is 0 Å². The van der Waals surface area contributed by atoms with E-state index in [0.29, 0.717) is 28.1 Å². The average molecular weight is 383 g/mol. The first-order valence-corrected chi connectivity index (χ1v) is 8.66. The van der Waals surface area contributed by atoms with Crippen molar-refractivity contribution in [2.45, 2.75) is 13.8 Å². The number of carbonyl (C=O) groups is 1. The normalized spacial score (nSPS) is 10.4. The summed E-state index contributed by atoms with van der Waals surface area (Å²) in [5.74, 6) is 0.602. The van der Waals surface area contributed by atoms with Gasteiger partial charge in [0, 0.05) is 18.0 Å². The fourth-order valence-corrected chi connectivity index (χ4v) is 3.00. The van der Waals surface area contributed by atoms with Crippen LogP contribution in [-0.4, -0.2) is 23.0 Å². The summed E-state index contributed by atoms with van der Waals surface area (Å²) in [5, 5.41) is 6.45. The molecule has 1 aromatic heterocycles. The molecule has 0 aliphatic rings. The second kappa shape index (κ2) is 8.05. The van der Waals surface area contributed by atoms with E-state index in [1.165, 1.54) is 6.20 Å². The number of methoxy groups -OCH3 is 1. The van der Waals surface area contributed by atoms with E-state index in [0.717, 1.165) is 11.1 Å². The van der Waals surface area contributed by atoms with Gasteiger partial charge >= 0.3 is 0 Å². The molecule has 0 atom stereocenters. The van der Waals surface area contributed by atoms with Gasteiger partial charge in [0.2, 0.25) is 5.95 Å². The predicted molar refractivity (Wildman–Crippen MR) is 107 cm³/mol. The van der Waals surface area contributed by atoms with Crippen LogP contribution in [0.4, 0.5) is 17.3 Å². The topological polar surface area (TPSA) is 76.1 Å². The Labute approximate surface area is 162 Å². The monoisotopic (exact) mass is 382 g/mol. The fourth-order valence-electron chi connectivity index (χ4n) is 2.63. The third-order valence-corrected chi connectivity index (χ3v) is 4.18. The number of nitrogens with one attached hydrogen (secondary N) is 2. The summed E-state index contributed by atoms with van der Waals surface area (Å²) in [5.41, 5.74) is 3.60. The molecule has 0 fully saturated rings. The van der Waals surface area contributed by atoms with Crippen LogP contribution in [0.25, 0.3) is 0 Å². The van der Waals surface area contributed by atoms with Crippen LogP contribution in [0.1, 0.15) is 21.6 Å². The molecule has 0 unspecified atom stereocenters. The zero-order chi connectivity index (χ0) is 19.4. The zero-order valence-electron chi connectivity index (χ0n) is 15.2. The van der Waals surface area contributed by atoms with E-state index in [1.807, 2.05) is 26.0 Å². The third kappa shape index (κ3) is 4.54. The minimum atomic E-state index is -0.347. The van der Waals surface area contributed by atoms with Crippen LogP contribution >= 0.6 is 11.6 Å². The second-order valence-corrected chi connectivity index (χ2v) is 6.42. The molecule has 0 radical (unpaired) electrons. The number of ether oxygens (including phenoxy) is 1. The van der Waals surface area contributed by atoms with Gasteiger partial charge in [-0.2, -0.15) is 0 Å². The molecule has 0 saturated heterocycles. The SMILES string of the molecule is COc1cccc(NC(=O)c2ccnc(Nc3c(C)cc(C)cc3Cl)n2)c1. The van der Waals surface area contributed by atoms with Crippen LogP contribution in [-0.2, 0) is 0 Å². The van der Waals surface area contributed by atoms with Crippen molar-refractivity contribution in [2.75, 3.05) is 17.7 Å². The molecule has 2 aromatic carbocycles. The van der Waals surface area contributed by atoms with Gasteiger partial charge in [0.25, 0.3) is 5.91 Å². The number of benzene rings is 2. The van der Waals surface area contributed by atoms with Crippen LogP contribution < -0.4 is 15.4 Å². The first-order chi connectivity index (χ1) is 13.0. The van der Waals surface area contributed by atoms with Crippen LogP contribution in [0.3, 0.4) is 0 Å². The van der Waals surface area contributed by atoms with Crippen LogP contribution in [0.15, 0.2) is 48.7 Å². The lowest BCUT2D eigenvalue weighted by Gasteiger charge is -2.12. The van der Waals surface area contributed by atoms with Crippen molar-refractivity contribution in [1.82, 2.24) is 9.97 Å². The summed E-state index contributed by atoms with van der Waals surface area (Å²) in [6, 6.07) is 12.5. The van der Waals surface area contributed by atoms with Gasteiger partial charge in [0.05, 0.1) is 17.8 Å². The Morgan fingerprint density at radius 1 is 1.15 bits per heavy atom. The molecule has 0 aliphatic heterocycles. The van der Waals surface area contributed by atoms with Gasteiger partial charge in [-0.1, -0.05) is 23.7 Å². The molecular weight excluding hydrogens is 364 g/mol. The number of rotatable bonds is 5. The van der Waals surface area contributed by atoms with Gasteiger partial charge in [0.1, 0.15) is 11.4 Å². The Hall–Kier alpha value is -3.12. The molecule has 7 heteroatoms. The number of anilines is 3. The summed E-state index contributed by atoms with van der Waals surface area (Å²) in [6.45, 7) is 3.92. The molecule has 2 N–H and O–H groups in total. The van der Waals surface area contributed by atoms with Gasteiger partial charge < -0.3 is 15.4 Å². The third-order valence-electron chi connectivity index (χ3n) is 3.88. The van der Waals surface area contributed by atoms with E-state index in [9.17, 15) is 4.79 Å². The molecule has 0 bridgehead atoms. The molecule has 6 nitrogen and oxygen atoms in total. The molecule has 3 aromatic rings. The van der Waals surface area contributed by atoms with E-state index in [4.69, 9.17) is 16.3 Å². The Morgan fingerprint density at radius 3 is 2.70 bits per heavy atom. The van der Waals surface area contributed by atoms with Crippen molar-refractivity contribution in [3.8, 4) is 5.75 Å². The number of nitrogens with zero attached hydrogens (tertiary/aromatic N) is 2. The molecule has 0 saturated carbocycles. The lowest BCUT2D eigenvalue weighted by Crippen LogP contribution is -2.15. The number of amides is 1. The summed E-state index contributed by atoms with van der Waals surface area (Å²) in [4.78, 5) is 21.0. The first kappa shape index (κ1) is 18.7. The lowest BCUT2D eigenvalue weighted by molar-refractivity contribution is 0.102. The molecule has 3 rings (SSSR count). The summed E-state index contributed by atoms with van der Waals surface area (Å²) < 4.78 is 5.16. The van der Waals surface area contributed by atoms with Crippen LogP contribution in [0.2, 0.25) is 5.02 Å². The van der Waals surface area contributed by atoms with E-state index >= 15 is 0 Å². The highest BCUT2D eigenvalue weighted by atomic mass is 35.5. The van der Waals surface area contributed by atoms with E-state index in [1.54, 1.807) is 37.4 Å². The number of halogens is 1. The van der Waals surface area contributed by atoms with Gasteiger partial charge in [0.15, 0.2) is 0 Å². The first-order valence-electron chi connectivity index (χ1n) is 8.28. The Balaban J connectivity index is 1.80. The highest BCUT2D eigenvalue weighted by Crippen LogP contribution is 2.29. The standard InChI is InChI=1S/C20H19ClN4O2/c1-12-9-13(2)18(16(21)10-12)25-20-22-8-7-17(24-20)19(26)23-14-5-4-6-15(11-14)27-3/h4-11H,1-3H3,(H,23,26)(H,22,24,25). The largest absolute Gasteiger partial charge is 0.497 e. The van der Waals surface area contributed by atoms with Gasteiger partial charge in [-0.05, 0) is 49.2 Å². The number of carbonyl (C=O) groups excluding carboxylic acids is 1. The van der Waals surface area contributed by atoms with Gasteiger partial charge in [-0.25, -0.2) is 9.97 Å². The van der Waals surface area contributed by atoms with Gasteiger partial charge in [-0.15, -0.1) is 0 Å². The number of aromatic nitrogens is 2. The maximum absolute atomic E-state index is 12.5. The van der Waals surface area contributed by atoms with E-state index < -0.39 is 0 Å².